The van der Waals surface area contributed by atoms with E-state index in [0.717, 1.165) is 12.1 Å². The summed E-state index contributed by atoms with van der Waals surface area (Å²) >= 11 is 0. The highest BCUT2D eigenvalue weighted by molar-refractivity contribution is 7.85. The molecule has 0 unspecified atom stereocenters. The third-order valence-electron chi connectivity index (χ3n) is 1.76. The molecule has 0 atom stereocenters. The van der Waals surface area contributed by atoms with Crippen LogP contribution in [0.2, 0.25) is 0 Å². The van der Waals surface area contributed by atoms with Crippen LogP contribution in [-0.4, -0.2) is 24.2 Å². The van der Waals surface area contributed by atoms with Crippen molar-refractivity contribution in [2.75, 3.05) is 0 Å². The molecule has 0 bridgehead atoms. The average Bonchev–Trinajstić information content (AvgIpc) is 2.14. The number of carbonyl (C=O) groups is 1. The summed E-state index contributed by atoms with van der Waals surface area (Å²) < 4.78 is 29.7. The molecule has 16 heavy (non-hydrogen) atoms. The van der Waals surface area contributed by atoms with E-state index in [4.69, 9.17) is 4.55 Å². The number of nitro benzene ring substituents is 1. The van der Waals surface area contributed by atoms with Crippen molar-refractivity contribution >= 4 is 22.1 Å². The molecule has 7 nitrogen and oxygen atoms in total. The predicted molar refractivity (Wildman–Crippen MR) is 53.7 cm³/mol. The summed E-state index contributed by atoms with van der Waals surface area (Å²) in [5, 5.41) is 10.5. The van der Waals surface area contributed by atoms with Crippen LogP contribution < -0.4 is 0 Å². The molecular formula is C8H7NO6S. The van der Waals surface area contributed by atoms with E-state index in [2.05, 4.69) is 0 Å². The van der Waals surface area contributed by atoms with Crippen LogP contribution in [-0.2, 0) is 15.9 Å². The van der Waals surface area contributed by atoms with Crippen LogP contribution in [0, 0.1) is 10.1 Å². The number of hydrogen-bond acceptors (Lipinski definition) is 5. The molecule has 0 radical (unpaired) electrons. The molecule has 86 valence electrons. The second-order valence-corrected chi connectivity index (χ2v) is 4.45. The fourth-order valence-electron chi connectivity index (χ4n) is 1.17. The van der Waals surface area contributed by atoms with Gasteiger partial charge in [-0.25, -0.2) is 0 Å². The van der Waals surface area contributed by atoms with Gasteiger partial charge < -0.3 is 0 Å². The molecule has 1 rings (SSSR count). The Labute approximate surface area is 90.6 Å². The molecule has 0 aromatic heterocycles. The standard InChI is InChI=1S/C8H7NO6S/c10-4-7-3-6(5-16(13,14)15)1-2-8(7)9(11)12/h1-4H,5H2,(H,13,14,15). The normalized spacial score (nSPS) is 11.1. The quantitative estimate of drug-likeness (QED) is 0.363. The Hall–Kier alpha value is -1.80. The third kappa shape index (κ3) is 3.11. The van der Waals surface area contributed by atoms with Crippen LogP contribution in [0.5, 0.6) is 0 Å². The van der Waals surface area contributed by atoms with Crippen molar-refractivity contribution in [2.24, 2.45) is 0 Å². The Bertz CT molecular complexity index is 535. The molecule has 0 amide bonds. The van der Waals surface area contributed by atoms with Crippen molar-refractivity contribution < 1.29 is 22.7 Å². The highest BCUT2D eigenvalue weighted by Crippen LogP contribution is 2.19. The Morgan fingerprint density at radius 2 is 2.06 bits per heavy atom. The van der Waals surface area contributed by atoms with E-state index >= 15 is 0 Å². The van der Waals surface area contributed by atoms with Crippen LogP contribution in [0.4, 0.5) is 5.69 Å². The number of carbonyl (C=O) groups excluding carboxylic acids is 1. The minimum absolute atomic E-state index is 0.107. The molecule has 1 aromatic rings. The highest BCUT2D eigenvalue weighted by Gasteiger charge is 2.15. The summed E-state index contributed by atoms with van der Waals surface area (Å²) in [6.45, 7) is 0. The SMILES string of the molecule is O=Cc1cc(CS(=O)(=O)O)ccc1[N+](=O)[O-]. The van der Waals surface area contributed by atoms with E-state index in [1.807, 2.05) is 0 Å². The molecule has 1 N–H and O–H groups in total. The molecule has 0 fully saturated rings. The van der Waals surface area contributed by atoms with Crippen LogP contribution in [0.1, 0.15) is 15.9 Å². The van der Waals surface area contributed by atoms with Gasteiger partial charge in [-0.05, 0) is 11.6 Å². The zero-order valence-corrected chi connectivity index (χ0v) is 8.68. The van der Waals surface area contributed by atoms with Crippen molar-refractivity contribution in [1.82, 2.24) is 0 Å². The van der Waals surface area contributed by atoms with Gasteiger partial charge in [0.1, 0.15) is 5.75 Å². The maximum atomic E-state index is 10.6. The van der Waals surface area contributed by atoms with Gasteiger partial charge in [0.05, 0.1) is 10.5 Å². The van der Waals surface area contributed by atoms with Crippen LogP contribution in [0.15, 0.2) is 18.2 Å². The van der Waals surface area contributed by atoms with Gasteiger partial charge in [-0.3, -0.25) is 19.5 Å². The Balaban J connectivity index is 3.19. The van der Waals surface area contributed by atoms with Crippen molar-refractivity contribution in [3.8, 4) is 0 Å². The van der Waals surface area contributed by atoms with Crippen molar-refractivity contribution in [2.45, 2.75) is 5.75 Å². The van der Waals surface area contributed by atoms with E-state index in [-0.39, 0.29) is 17.4 Å². The van der Waals surface area contributed by atoms with E-state index < -0.39 is 26.5 Å². The molecule has 1 aromatic carbocycles. The lowest BCUT2D eigenvalue weighted by molar-refractivity contribution is -0.385. The van der Waals surface area contributed by atoms with Crippen LogP contribution >= 0.6 is 0 Å². The highest BCUT2D eigenvalue weighted by atomic mass is 32.2. The van der Waals surface area contributed by atoms with Crippen molar-refractivity contribution in [1.29, 1.82) is 0 Å². The predicted octanol–water partition coefficient (Wildman–Crippen LogP) is 0.795. The number of hydrogen-bond donors (Lipinski definition) is 1. The summed E-state index contributed by atoms with van der Waals surface area (Å²) in [5.74, 6) is -0.689. The lowest BCUT2D eigenvalue weighted by Gasteiger charge is -2.00. The van der Waals surface area contributed by atoms with E-state index in [1.165, 1.54) is 6.07 Å². The smallest absolute Gasteiger partial charge is 0.279 e. The fourth-order valence-corrected chi connectivity index (χ4v) is 1.77. The van der Waals surface area contributed by atoms with Gasteiger partial charge in [0.2, 0.25) is 0 Å². The lowest BCUT2D eigenvalue weighted by Crippen LogP contribution is -2.03. The molecule has 0 aliphatic heterocycles. The first-order chi connectivity index (χ1) is 7.33. The molecule has 8 heteroatoms. The number of aldehydes is 1. The molecule has 0 aliphatic rings. The zero-order chi connectivity index (χ0) is 12.3. The largest absolute Gasteiger partial charge is 0.298 e. The first-order valence-corrected chi connectivity index (χ1v) is 5.62. The van der Waals surface area contributed by atoms with Crippen LogP contribution in [0.25, 0.3) is 0 Å². The van der Waals surface area contributed by atoms with Crippen molar-refractivity contribution in [3.63, 3.8) is 0 Å². The molecule has 0 saturated heterocycles. The van der Waals surface area contributed by atoms with Gasteiger partial charge in [-0.1, -0.05) is 6.07 Å². The zero-order valence-electron chi connectivity index (χ0n) is 7.86. The van der Waals surface area contributed by atoms with Gasteiger partial charge in [0.25, 0.3) is 15.8 Å². The van der Waals surface area contributed by atoms with Crippen LogP contribution in [0.3, 0.4) is 0 Å². The molecule has 0 spiro atoms. The minimum atomic E-state index is -4.22. The minimum Gasteiger partial charge on any atom is -0.298 e. The second-order valence-electron chi connectivity index (χ2n) is 2.99. The molecule has 0 heterocycles. The molecule has 0 aliphatic carbocycles. The van der Waals surface area contributed by atoms with Gasteiger partial charge in [-0.2, -0.15) is 8.42 Å². The molecular weight excluding hydrogens is 238 g/mol. The van der Waals surface area contributed by atoms with E-state index in [9.17, 15) is 23.3 Å². The van der Waals surface area contributed by atoms with E-state index in [1.54, 1.807) is 0 Å². The first kappa shape index (κ1) is 12.3. The number of nitrogens with zero attached hydrogens (tertiary/aromatic N) is 1. The Morgan fingerprint density at radius 3 is 2.50 bits per heavy atom. The summed E-state index contributed by atoms with van der Waals surface area (Å²) in [6, 6.07) is 3.24. The Kier molecular flexibility index (Phi) is 3.35. The van der Waals surface area contributed by atoms with E-state index in [0.29, 0.717) is 0 Å². The topological polar surface area (TPSA) is 115 Å². The Morgan fingerprint density at radius 1 is 1.44 bits per heavy atom. The number of rotatable bonds is 4. The van der Waals surface area contributed by atoms with Gasteiger partial charge in [0, 0.05) is 6.07 Å². The number of benzene rings is 1. The number of nitro groups is 1. The third-order valence-corrected chi connectivity index (χ3v) is 2.46. The lowest BCUT2D eigenvalue weighted by atomic mass is 10.1. The fraction of sp³-hybridized carbons (Fsp3) is 0.125. The molecule has 0 saturated carbocycles. The monoisotopic (exact) mass is 245 g/mol. The summed E-state index contributed by atoms with van der Waals surface area (Å²) in [4.78, 5) is 20.2. The summed E-state index contributed by atoms with van der Waals surface area (Å²) in [7, 11) is -4.22. The van der Waals surface area contributed by atoms with Gasteiger partial charge in [0.15, 0.2) is 6.29 Å². The average molecular weight is 245 g/mol. The summed E-state index contributed by atoms with van der Waals surface area (Å²) in [6.07, 6.45) is 0.256. The van der Waals surface area contributed by atoms with Crippen molar-refractivity contribution in [3.05, 3.63) is 39.4 Å². The maximum absolute atomic E-state index is 10.6. The van der Waals surface area contributed by atoms with Gasteiger partial charge >= 0.3 is 0 Å². The first-order valence-electron chi connectivity index (χ1n) is 4.01. The van der Waals surface area contributed by atoms with Gasteiger partial charge in [-0.15, -0.1) is 0 Å². The summed E-state index contributed by atoms with van der Waals surface area (Å²) in [5.41, 5.74) is -0.532. The second kappa shape index (κ2) is 4.37. The maximum Gasteiger partial charge on any atom is 0.279 e.